The maximum atomic E-state index is 9.76. The van der Waals surface area contributed by atoms with Gasteiger partial charge in [-0.05, 0) is 5.56 Å². The van der Waals surface area contributed by atoms with Crippen LogP contribution in [0.15, 0.2) is 30.3 Å². The fraction of sp³-hybridized carbons (Fsp3) is 0.455. The molecule has 0 saturated heterocycles. The average Bonchev–Trinajstić information content (AvgIpc) is 2.25. The summed E-state index contributed by atoms with van der Waals surface area (Å²) in [5.41, 5.74) is 0.984. The highest BCUT2D eigenvalue weighted by atomic mass is 32.2. The van der Waals surface area contributed by atoms with Gasteiger partial charge in [-0.3, -0.25) is 0 Å². The van der Waals surface area contributed by atoms with Gasteiger partial charge in [-0.15, -0.1) is 0 Å². The number of rotatable bonds is 6. The second-order valence-corrected chi connectivity index (χ2v) is 4.14. The maximum absolute atomic E-state index is 9.76. The van der Waals surface area contributed by atoms with Crippen LogP contribution < -0.4 is 0 Å². The van der Waals surface area contributed by atoms with E-state index in [1.165, 1.54) is 0 Å². The third kappa shape index (κ3) is 4.13. The zero-order chi connectivity index (χ0) is 10.2. The molecular weight excluding hydrogens is 196 g/mol. The van der Waals surface area contributed by atoms with Gasteiger partial charge in [0.2, 0.25) is 0 Å². The summed E-state index contributed by atoms with van der Waals surface area (Å²) in [6, 6.07) is 9.73. The minimum absolute atomic E-state index is 0.363. The molecule has 1 unspecified atom stereocenters. The lowest BCUT2D eigenvalue weighted by molar-refractivity contribution is 0.203. The van der Waals surface area contributed by atoms with Crippen molar-refractivity contribution in [3.05, 3.63) is 35.9 Å². The van der Waals surface area contributed by atoms with E-state index in [0.717, 1.165) is 23.7 Å². The van der Waals surface area contributed by atoms with Gasteiger partial charge in [0.05, 0.1) is 12.7 Å². The van der Waals surface area contributed by atoms with Gasteiger partial charge in [0.25, 0.3) is 0 Å². The third-order valence-corrected chi connectivity index (χ3v) is 2.90. The number of benzene rings is 1. The Morgan fingerprint density at radius 3 is 2.71 bits per heavy atom. The third-order valence-electron chi connectivity index (χ3n) is 1.89. The topological polar surface area (TPSA) is 29.5 Å². The molecule has 1 aromatic carbocycles. The van der Waals surface area contributed by atoms with Crippen molar-refractivity contribution < 1.29 is 9.84 Å². The largest absolute Gasteiger partial charge is 0.388 e. The summed E-state index contributed by atoms with van der Waals surface area (Å²) in [7, 11) is 1.69. The quantitative estimate of drug-likeness (QED) is 0.732. The van der Waals surface area contributed by atoms with Crippen LogP contribution >= 0.6 is 11.8 Å². The highest BCUT2D eigenvalue weighted by Gasteiger charge is 2.05. The van der Waals surface area contributed by atoms with Gasteiger partial charge in [0.1, 0.15) is 0 Å². The summed E-state index contributed by atoms with van der Waals surface area (Å²) in [5, 5.41) is 9.76. The highest BCUT2D eigenvalue weighted by Crippen LogP contribution is 2.17. The van der Waals surface area contributed by atoms with E-state index in [1.807, 2.05) is 30.3 Å². The van der Waals surface area contributed by atoms with Crippen molar-refractivity contribution in [2.24, 2.45) is 0 Å². The van der Waals surface area contributed by atoms with Crippen LogP contribution in [0.3, 0.4) is 0 Å². The molecule has 3 heteroatoms. The van der Waals surface area contributed by atoms with Crippen LogP contribution in [0.2, 0.25) is 0 Å². The number of aliphatic hydroxyl groups is 1. The van der Waals surface area contributed by atoms with Crippen molar-refractivity contribution in [2.45, 2.75) is 6.10 Å². The molecule has 78 valence electrons. The molecule has 1 N–H and O–H groups in total. The van der Waals surface area contributed by atoms with E-state index < -0.39 is 0 Å². The summed E-state index contributed by atoms with van der Waals surface area (Å²) in [5.74, 6) is 1.66. The molecule has 1 rings (SSSR count). The van der Waals surface area contributed by atoms with E-state index in [1.54, 1.807) is 18.9 Å². The van der Waals surface area contributed by atoms with E-state index in [0.29, 0.717) is 0 Å². The molecule has 0 heterocycles. The molecule has 1 aromatic rings. The fourth-order valence-corrected chi connectivity index (χ4v) is 1.98. The molecule has 0 radical (unpaired) electrons. The molecular formula is C11H16O2S. The standard InChI is InChI=1S/C11H16O2S/c1-13-7-8-14-9-11(12)10-5-3-2-4-6-10/h2-6,11-12H,7-9H2,1H3. The first-order valence-electron chi connectivity index (χ1n) is 4.64. The molecule has 2 nitrogen and oxygen atoms in total. The molecule has 0 spiro atoms. The maximum Gasteiger partial charge on any atom is 0.0880 e. The van der Waals surface area contributed by atoms with Gasteiger partial charge in [0.15, 0.2) is 0 Å². The first-order valence-corrected chi connectivity index (χ1v) is 5.79. The zero-order valence-electron chi connectivity index (χ0n) is 8.35. The average molecular weight is 212 g/mol. The van der Waals surface area contributed by atoms with Crippen LogP contribution in [0.1, 0.15) is 11.7 Å². The minimum Gasteiger partial charge on any atom is -0.388 e. The van der Waals surface area contributed by atoms with Crippen molar-refractivity contribution in [3.8, 4) is 0 Å². The Bertz CT molecular complexity index is 238. The van der Waals surface area contributed by atoms with Gasteiger partial charge in [-0.1, -0.05) is 30.3 Å². The molecule has 0 aliphatic carbocycles. The molecule has 0 amide bonds. The predicted molar refractivity (Wildman–Crippen MR) is 60.6 cm³/mol. The molecule has 0 aromatic heterocycles. The van der Waals surface area contributed by atoms with Gasteiger partial charge in [-0.2, -0.15) is 11.8 Å². The molecule has 0 aliphatic heterocycles. The second-order valence-electron chi connectivity index (χ2n) is 2.99. The van der Waals surface area contributed by atoms with Crippen molar-refractivity contribution in [1.82, 2.24) is 0 Å². The van der Waals surface area contributed by atoms with Crippen LogP contribution in [0.5, 0.6) is 0 Å². The van der Waals surface area contributed by atoms with E-state index in [2.05, 4.69) is 0 Å². The molecule has 0 bridgehead atoms. The number of hydrogen-bond acceptors (Lipinski definition) is 3. The van der Waals surface area contributed by atoms with Gasteiger partial charge in [-0.25, -0.2) is 0 Å². The van der Waals surface area contributed by atoms with Crippen molar-refractivity contribution >= 4 is 11.8 Å². The van der Waals surface area contributed by atoms with Crippen molar-refractivity contribution in [1.29, 1.82) is 0 Å². The number of methoxy groups -OCH3 is 1. The second kappa shape index (κ2) is 6.87. The number of thioether (sulfide) groups is 1. The Kier molecular flexibility index (Phi) is 5.68. The normalized spacial score (nSPS) is 12.7. The Morgan fingerprint density at radius 2 is 2.07 bits per heavy atom. The van der Waals surface area contributed by atoms with Crippen LogP contribution in [0.4, 0.5) is 0 Å². The highest BCUT2D eigenvalue weighted by molar-refractivity contribution is 7.99. The van der Waals surface area contributed by atoms with Crippen LogP contribution in [0, 0.1) is 0 Å². The van der Waals surface area contributed by atoms with Gasteiger partial charge >= 0.3 is 0 Å². The molecule has 0 fully saturated rings. The summed E-state index contributed by atoms with van der Waals surface area (Å²) < 4.78 is 4.93. The van der Waals surface area contributed by atoms with Crippen molar-refractivity contribution in [2.75, 3.05) is 25.2 Å². The first kappa shape index (κ1) is 11.6. The van der Waals surface area contributed by atoms with Crippen molar-refractivity contribution in [3.63, 3.8) is 0 Å². The van der Waals surface area contributed by atoms with Crippen LogP contribution in [0.25, 0.3) is 0 Å². The molecule has 0 saturated carbocycles. The lowest BCUT2D eigenvalue weighted by atomic mass is 10.1. The zero-order valence-corrected chi connectivity index (χ0v) is 9.17. The summed E-state index contributed by atoms with van der Waals surface area (Å²) in [6.45, 7) is 0.742. The van der Waals surface area contributed by atoms with Crippen LogP contribution in [-0.4, -0.2) is 30.3 Å². The minimum atomic E-state index is -0.363. The molecule has 14 heavy (non-hydrogen) atoms. The Hall–Kier alpha value is -0.510. The lowest BCUT2D eigenvalue weighted by Crippen LogP contribution is -2.02. The number of ether oxygens (including phenoxy) is 1. The number of aliphatic hydroxyl groups excluding tert-OH is 1. The Labute approximate surface area is 89.3 Å². The van der Waals surface area contributed by atoms with E-state index >= 15 is 0 Å². The Balaban J connectivity index is 2.25. The summed E-state index contributed by atoms with van der Waals surface area (Å²) >= 11 is 1.71. The van der Waals surface area contributed by atoms with E-state index in [-0.39, 0.29) is 6.10 Å². The fourth-order valence-electron chi connectivity index (χ4n) is 1.11. The van der Waals surface area contributed by atoms with E-state index in [4.69, 9.17) is 4.74 Å². The van der Waals surface area contributed by atoms with Crippen LogP contribution in [-0.2, 0) is 4.74 Å². The predicted octanol–water partition coefficient (Wildman–Crippen LogP) is 2.10. The number of hydrogen-bond donors (Lipinski definition) is 1. The summed E-state index contributed by atoms with van der Waals surface area (Å²) in [4.78, 5) is 0. The van der Waals surface area contributed by atoms with Gasteiger partial charge in [0, 0.05) is 18.6 Å². The molecule has 0 aliphatic rings. The smallest absolute Gasteiger partial charge is 0.0880 e. The van der Waals surface area contributed by atoms with E-state index in [9.17, 15) is 5.11 Å². The first-order chi connectivity index (χ1) is 6.84. The summed E-state index contributed by atoms with van der Waals surface area (Å²) in [6.07, 6.45) is -0.363. The lowest BCUT2D eigenvalue weighted by Gasteiger charge is -2.09. The Morgan fingerprint density at radius 1 is 1.36 bits per heavy atom. The van der Waals surface area contributed by atoms with Gasteiger partial charge < -0.3 is 9.84 Å². The monoisotopic (exact) mass is 212 g/mol. The molecule has 1 atom stereocenters. The SMILES string of the molecule is COCCSCC(O)c1ccccc1.